The Balaban J connectivity index is 1.76. The molecule has 3 aromatic carbocycles. The van der Waals surface area contributed by atoms with Gasteiger partial charge in [-0.3, -0.25) is 13.9 Å². The number of carbonyl (C=O) groups is 2. The van der Waals surface area contributed by atoms with Crippen LogP contribution in [0.15, 0.2) is 72.8 Å². The van der Waals surface area contributed by atoms with Crippen molar-refractivity contribution in [2.75, 3.05) is 23.4 Å². The molecule has 1 atom stereocenters. The summed E-state index contributed by atoms with van der Waals surface area (Å²) in [6.45, 7) is 6.64. The summed E-state index contributed by atoms with van der Waals surface area (Å²) < 4.78 is 38.5. The Morgan fingerprint density at radius 2 is 1.64 bits per heavy atom. The molecule has 0 aliphatic carbocycles. The quantitative estimate of drug-likeness (QED) is 0.334. The second-order valence-corrected chi connectivity index (χ2v) is 13.7. The molecule has 1 aliphatic heterocycles. The Morgan fingerprint density at radius 1 is 0.952 bits per heavy atom. The number of nitrogens with one attached hydrogen (secondary N) is 1. The number of fused-ring (bicyclic) bond motifs is 1. The fraction of sp³-hybridized carbons (Fsp3) is 0.355. The molecule has 0 saturated heterocycles. The molecular formula is C31H36ClN3O6S. The Bertz CT molecular complexity index is 1530. The number of hydrogen-bond acceptors (Lipinski definition) is 6. The lowest BCUT2D eigenvalue weighted by atomic mass is 10.0. The van der Waals surface area contributed by atoms with Gasteiger partial charge in [-0.15, -0.1) is 0 Å². The van der Waals surface area contributed by atoms with Gasteiger partial charge in [0.05, 0.1) is 11.4 Å². The van der Waals surface area contributed by atoms with E-state index in [4.69, 9.17) is 21.1 Å². The largest absolute Gasteiger partial charge is 0.454 e. The number of benzene rings is 3. The van der Waals surface area contributed by atoms with Gasteiger partial charge in [-0.2, -0.15) is 0 Å². The minimum Gasteiger partial charge on any atom is -0.454 e. The Labute approximate surface area is 252 Å². The Kier molecular flexibility index (Phi) is 9.68. The van der Waals surface area contributed by atoms with Crippen LogP contribution in [0.5, 0.6) is 11.5 Å². The van der Waals surface area contributed by atoms with Crippen LogP contribution in [0, 0.1) is 0 Å². The molecule has 0 fully saturated rings. The maximum Gasteiger partial charge on any atom is 0.244 e. The SMILES string of the molecule is CCS(=O)(=O)N(CC(=O)N(Cc1cccc(Cl)c1)[C@@H](Cc1ccccc1)C(=O)NC(C)(C)C)c1ccc2c(c1)OCO2. The summed E-state index contributed by atoms with van der Waals surface area (Å²) in [7, 11) is -3.90. The van der Waals surface area contributed by atoms with Gasteiger partial charge in [0.25, 0.3) is 0 Å². The van der Waals surface area contributed by atoms with Crippen molar-refractivity contribution >= 4 is 39.1 Å². The minimum absolute atomic E-state index is 0.0235. The molecule has 4 rings (SSSR count). The fourth-order valence-corrected chi connectivity index (χ4v) is 5.87. The smallest absolute Gasteiger partial charge is 0.244 e. The highest BCUT2D eigenvalue weighted by Gasteiger charge is 2.35. The number of anilines is 1. The molecule has 1 aliphatic rings. The van der Waals surface area contributed by atoms with E-state index in [1.165, 1.54) is 17.9 Å². The molecule has 0 bridgehead atoms. The van der Waals surface area contributed by atoms with Crippen molar-refractivity contribution in [3.8, 4) is 11.5 Å². The van der Waals surface area contributed by atoms with E-state index < -0.39 is 34.1 Å². The van der Waals surface area contributed by atoms with Crippen LogP contribution in [-0.2, 0) is 32.6 Å². The van der Waals surface area contributed by atoms with Gasteiger partial charge in [-0.1, -0.05) is 54.1 Å². The zero-order valence-corrected chi connectivity index (χ0v) is 25.7. The van der Waals surface area contributed by atoms with E-state index in [0.29, 0.717) is 22.1 Å². The number of ether oxygens (including phenoxy) is 2. The average Bonchev–Trinajstić information content (AvgIpc) is 3.41. The second kappa shape index (κ2) is 13.0. The van der Waals surface area contributed by atoms with E-state index in [-0.39, 0.29) is 37.1 Å². The molecule has 3 aromatic rings. The highest BCUT2D eigenvalue weighted by molar-refractivity contribution is 7.92. The molecule has 42 heavy (non-hydrogen) atoms. The molecule has 0 unspecified atom stereocenters. The molecule has 0 saturated carbocycles. The molecule has 1 heterocycles. The predicted octanol–water partition coefficient (Wildman–Crippen LogP) is 4.78. The van der Waals surface area contributed by atoms with Crippen LogP contribution in [0.4, 0.5) is 5.69 Å². The van der Waals surface area contributed by atoms with Crippen molar-refractivity contribution in [1.82, 2.24) is 10.2 Å². The van der Waals surface area contributed by atoms with Crippen molar-refractivity contribution in [2.45, 2.75) is 52.2 Å². The first kappa shape index (κ1) is 31.2. The molecule has 0 spiro atoms. The van der Waals surface area contributed by atoms with Gasteiger partial charge in [0, 0.05) is 29.6 Å². The zero-order valence-electron chi connectivity index (χ0n) is 24.2. The van der Waals surface area contributed by atoms with Crippen LogP contribution in [0.1, 0.15) is 38.8 Å². The van der Waals surface area contributed by atoms with Crippen molar-refractivity contribution in [1.29, 1.82) is 0 Å². The highest BCUT2D eigenvalue weighted by Crippen LogP contribution is 2.36. The highest BCUT2D eigenvalue weighted by atomic mass is 35.5. The minimum atomic E-state index is -3.90. The maximum atomic E-state index is 14.3. The molecular weight excluding hydrogens is 578 g/mol. The summed E-state index contributed by atoms with van der Waals surface area (Å²) in [6.07, 6.45) is 0.222. The first-order valence-corrected chi connectivity index (χ1v) is 15.6. The summed E-state index contributed by atoms with van der Waals surface area (Å²) in [5.74, 6) is -0.257. The number of amides is 2. The Hall–Kier alpha value is -3.76. The number of halogens is 1. The van der Waals surface area contributed by atoms with E-state index >= 15 is 0 Å². The maximum absolute atomic E-state index is 14.3. The average molecular weight is 614 g/mol. The summed E-state index contributed by atoms with van der Waals surface area (Å²) in [5.41, 5.74) is 1.24. The number of rotatable bonds is 11. The van der Waals surface area contributed by atoms with E-state index in [1.807, 2.05) is 57.2 Å². The standard InChI is InChI=1S/C31H36ClN3O6S/c1-5-42(38,39)35(25-14-15-27-28(18-25)41-21-40-27)20-29(36)34(19-23-12-9-13-24(32)16-23)26(30(37)33-31(2,3)4)17-22-10-7-6-8-11-22/h6-16,18,26H,5,17,19-21H2,1-4H3,(H,33,37)/t26-/m0/s1. The lowest BCUT2D eigenvalue weighted by molar-refractivity contribution is -0.140. The summed E-state index contributed by atoms with van der Waals surface area (Å²) in [6, 6.07) is 20.2. The molecule has 0 aromatic heterocycles. The molecule has 9 nitrogen and oxygen atoms in total. The molecule has 2 amide bonds. The van der Waals surface area contributed by atoms with Crippen molar-refractivity contribution < 1.29 is 27.5 Å². The number of hydrogen-bond donors (Lipinski definition) is 1. The molecule has 0 radical (unpaired) electrons. The van der Waals surface area contributed by atoms with Crippen LogP contribution in [0.3, 0.4) is 0 Å². The van der Waals surface area contributed by atoms with Crippen LogP contribution >= 0.6 is 11.6 Å². The van der Waals surface area contributed by atoms with Crippen molar-refractivity contribution in [2.24, 2.45) is 0 Å². The number of nitrogens with zero attached hydrogens (tertiary/aromatic N) is 2. The number of sulfonamides is 1. The van der Waals surface area contributed by atoms with Crippen LogP contribution in [-0.4, -0.2) is 55.8 Å². The van der Waals surface area contributed by atoms with E-state index in [2.05, 4.69) is 5.32 Å². The Morgan fingerprint density at radius 3 is 2.31 bits per heavy atom. The monoisotopic (exact) mass is 613 g/mol. The van der Waals surface area contributed by atoms with Crippen molar-refractivity contribution in [3.05, 3.63) is 88.9 Å². The molecule has 1 N–H and O–H groups in total. The molecule has 224 valence electrons. The van der Waals surface area contributed by atoms with Crippen LogP contribution in [0.25, 0.3) is 0 Å². The third-order valence-electron chi connectivity index (χ3n) is 6.63. The zero-order chi connectivity index (χ0) is 30.5. The van der Waals surface area contributed by atoms with Crippen LogP contribution in [0.2, 0.25) is 5.02 Å². The van der Waals surface area contributed by atoms with E-state index in [9.17, 15) is 18.0 Å². The normalized spacial score (nSPS) is 13.4. The van der Waals surface area contributed by atoms with Gasteiger partial charge >= 0.3 is 0 Å². The van der Waals surface area contributed by atoms with Crippen LogP contribution < -0.4 is 19.1 Å². The van der Waals surface area contributed by atoms with Gasteiger partial charge in [-0.25, -0.2) is 8.42 Å². The molecule has 11 heteroatoms. The summed E-state index contributed by atoms with van der Waals surface area (Å²) in [4.78, 5) is 29.5. The van der Waals surface area contributed by atoms with Gasteiger partial charge in [-0.05, 0) is 63.1 Å². The second-order valence-electron chi connectivity index (χ2n) is 11.0. The summed E-state index contributed by atoms with van der Waals surface area (Å²) >= 11 is 6.26. The van der Waals surface area contributed by atoms with Gasteiger partial charge in [0.1, 0.15) is 12.6 Å². The van der Waals surface area contributed by atoms with Gasteiger partial charge in [0.15, 0.2) is 11.5 Å². The van der Waals surface area contributed by atoms with E-state index in [0.717, 1.165) is 9.87 Å². The lowest BCUT2D eigenvalue weighted by Gasteiger charge is -2.35. The first-order chi connectivity index (χ1) is 19.9. The van der Waals surface area contributed by atoms with E-state index in [1.54, 1.807) is 30.3 Å². The third kappa shape index (κ3) is 7.95. The lowest BCUT2D eigenvalue weighted by Crippen LogP contribution is -2.56. The third-order valence-corrected chi connectivity index (χ3v) is 8.61. The summed E-state index contributed by atoms with van der Waals surface area (Å²) in [5, 5.41) is 3.49. The van der Waals surface area contributed by atoms with Crippen molar-refractivity contribution in [3.63, 3.8) is 0 Å². The first-order valence-electron chi connectivity index (χ1n) is 13.7. The number of carbonyl (C=O) groups excluding carboxylic acids is 2. The fourth-order valence-electron chi connectivity index (χ4n) is 4.60. The van der Waals surface area contributed by atoms with Gasteiger partial charge < -0.3 is 19.7 Å². The topological polar surface area (TPSA) is 105 Å². The predicted molar refractivity (Wildman–Crippen MR) is 163 cm³/mol. The van der Waals surface area contributed by atoms with Gasteiger partial charge in [0.2, 0.25) is 28.6 Å².